The van der Waals surface area contributed by atoms with Crippen LogP contribution in [-0.4, -0.2) is 16.7 Å². The van der Waals surface area contributed by atoms with Crippen molar-refractivity contribution in [2.75, 3.05) is 0 Å². The van der Waals surface area contributed by atoms with Crippen LogP contribution in [0, 0.1) is 13.8 Å². The summed E-state index contributed by atoms with van der Waals surface area (Å²) in [6.45, 7) is 3.41. The van der Waals surface area contributed by atoms with E-state index in [1.807, 2.05) is 0 Å². The van der Waals surface area contributed by atoms with Crippen molar-refractivity contribution in [2.24, 2.45) is 0 Å². The van der Waals surface area contributed by atoms with Gasteiger partial charge >= 0.3 is 12.1 Å². The normalized spacial score (nSPS) is 12.2. The zero-order chi connectivity index (χ0) is 15.4. The Morgan fingerprint density at radius 1 is 0.905 bits per heavy atom. The lowest BCUT2D eigenvalue weighted by Crippen LogP contribution is -2.29. The molecule has 0 radical (unpaired) electrons. The van der Waals surface area contributed by atoms with Gasteiger partial charge in [0, 0.05) is 10.8 Å². The summed E-state index contributed by atoms with van der Waals surface area (Å²) in [6, 6.07) is 10.5. The van der Waals surface area contributed by atoms with E-state index in [1.165, 1.54) is 0 Å². The number of carbonyl (C=O) groups is 1. The first-order chi connectivity index (χ1) is 9.82. The molecule has 0 aliphatic carbocycles. The number of nitrogens with zero attached hydrogens (tertiary/aromatic N) is 1. The number of aromatic nitrogens is 1. The maximum atomic E-state index is 13.0. The zero-order valence-corrected chi connectivity index (χ0v) is 11.5. The fourth-order valence-electron chi connectivity index (χ4n) is 2.79. The summed E-state index contributed by atoms with van der Waals surface area (Å²) in [6.07, 6.45) is -4.91. The van der Waals surface area contributed by atoms with Crippen LogP contribution in [0.15, 0.2) is 36.4 Å². The molecule has 5 heteroatoms. The second-order valence-corrected chi connectivity index (χ2v) is 5.08. The van der Waals surface area contributed by atoms with Gasteiger partial charge in [-0.05, 0) is 25.0 Å². The molecule has 0 N–H and O–H groups in total. The Kier molecular flexibility index (Phi) is 2.83. The summed E-state index contributed by atoms with van der Waals surface area (Å²) in [7, 11) is 0. The average molecular weight is 291 g/mol. The van der Waals surface area contributed by atoms with Crippen LogP contribution in [0.2, 0.25) is 0 Å². The van der Waals surface area contributed by atoms with E-state index in [2.05, 4.69) is 0 Å². The van der Waals surface area contributed by atoms with Gasteiger partial charge in [-0.3, -0.25) is 9.36 Å². The summed E-state index contributed by atoms with van der Waals surface area (Å²) in [5.74, 6) is -1.86. The van der Waals surface area contributed by atoms with Crippen molar-refractivity contribution in [3.8, 4) is 0 Å². The summed E-state index contributed by atoms with van der Waals surface area (Å²) >= 11 is 0. The van der Waals surface area contributed by atoms with Crippen molar-refractivity contribution < 1.29 is 18.0 Å². The molecule has 2 aromatic carbocycles. The van der Waals surface area contributed by atoms with Crippen LogP contribution in [0.5, 0.6) is 0 Å². The molecular weight excluding hydrogens is 279 g/mol. The second-order valence-electron chi connectivity index (χ2n) is 5.08. The minimum absolute atomic E-state index is 0.323. The molecule has 3 rings (SSSR count). The number of rotatable bonds is 0. The Labute approximate surface area is 118 Å². The third-order valence-corrected chi connectivity index (χ3v) is 3.66. The van der Waals surface area contributed by atoms with E-state index in [1.54, 1.807) is 50.2 Å². The molecule has 0 atom stereocenters. The number of halogens is 3. The number of benzene rings is 2. The molecule has 108 valence electrons. The predicted octanol–water partition coefficient (Wildman–Crippen LogP) is 4.61. The maximum absolute atomic E-state index is 13.0. The van der Waals surface area contributed by atoms with E-state index in [0.29, 0.717) is 32.9 Å². The zero-order valence-electron chi connectivity index (χ0n) is 11.5. The first-order valence-corrected chi connectivity index (χ1v) is 6.43. The van der Waals surface area contributed by atoms with Gasteiger partial charge in [0.2, 0.25) is 0 Å². The minimum Gasteiger partial charge on any atom is -0.271 e. The molecule has 0 unspecified atom stereocenters. The van der Waals surface area contributed by atoms with Gasteiger partial charge in [0.25, 0.3) is 0 Å². The largest absolute Gasteiger partial charge is 0.472 e. The number of carbonyl (C=O) groups excluding carboxylic acids is 1. The molecule has 2 nitrogen and oxygen atoms in total. The molecule has 3 aromatic rings. The van der Waals surface area contributed by atoms with Gasteiger partial charge in [0.15, 0.2) is 0 Å². The molecular formula is C16H12F3NO. The predicted molar refractivity (Wildman–Crippen MR) is 75.6 cm³/mol. The standard InChI is InChI=1S/C16H12F3NO/c1-9-5-3-7-11-12-8-4-6-10(2)14(12)20(13(9)11)15(21)16(17,18)19/h3-8H,1-2H3. The molecule has 0 aliphatic rings. The lowest BCUT2D eigenvalue weighted by Gasteiger charge is -2.11. The monoisotopic (exact) mass is 291 g/mol. The fraction of sp³-hybridized carbons (Fsp3) is 0.188. The van der Waals surface area contributed by atoms with Gasteiger partial charge in [-0.1, -0.05) is 36.4 Å². The highest BCUT2D eigenvalue weighted by molar-refractivity contribution is 6.15. The van der Waals surface area contributed by atoms with Gasteiger partial charge in [-0.2, -0.15) is 13.2 Å². The molecule has 1 aromatic heterocycles. The molecule has 0 fully saturated rings. The summed E-state index contributed by atoms with van der Waals surface area (Å²) in [5.41, 5.74) is 1.93. The molecule has 0 saturated carbocycles. The third kappa shape index (κ3) is 1.92. The molecule has 0 bridgehead atoms. The molecule has 0 aliphatic heterocycles. The Bertz CT molecular complexity index is 815. The van der Waals surface area contributed by atoms with Crippen LogP contribution >= 0.6 is 0 Å². The maximum Gasteiger partial charge on any atom is 0.472 e. The molecule has 0 amide bonds. The minimum atomic E-state index is -4.91. The van der Waals surface area contributed by atoms with Crippen LogP contribution in [0.4, 0.5) is 13.2 Å². The van der Waals surface area contributed by atoms with E-state index in [4.69, 9.17) is 0 Å². The lowest BCUT2D eigenvalue weighted by atomic mass is 10.1. The number of para-hydroxylation sites is 2. The summed E-state index contributed by atoms with van der Waals surface area (Å²) in [4.78, 5) is 11.9. The highest BCUT2D eigenvalue weighted by Crippen LogP contribution is 2.34. The van der Waals surface area contributed by atoms with Crippen LogP contribution in [-0.2, 0) is 0 Å². The van der Waals surface area contributed by atoms with E-state index in [-0.39, 0.29) is 0 Å². The van der Waals surface area contributed by atoms with Gasteiger partial charge in [0.05, 0.1) is 11.0 Å². The number of hydrogen-bond acceptors (Lipinski definition) is 1. The molecule has 21 heavy (non-hydrogen) atoms. The van der Waals surface area contributed by atoms with E-state index < -0.39 is 12.1 Å². The van der Waals surface area contributed by atoms with Crippen LogP contribution in [0.1, 0.15) is 15.9 Å². The van der Waals surface area contributed by atoms with Crippen molar-refractivity contribution in [1.29, 1.82) is 0 Å². The summed E-state index contributed by atoms with van der Waals surface area (Å²) in [5, 5.41) is 1.32. The Morgan fingerprint density at radius 2 is 1.33 bits per heavy atom. The Hall–Kier alpha value is -2.30. The van der Waals surface area contributed by atoms with Crippen LogP contribution in [0.3, 0.4) is 0 Å². The Morgan fingerprint density at radius 3 is 1.71 bits per heavy atom. The second kappa shape index (κ2) is 4.35. The number of fused-ring (bicyclic) bond motifs is 3. The smallest absolute Gasteiger partial charge is 0.271 e. The quantitative estimate of drug-likeness (QED) is 0.592. The third-order valence-electron chi connectivity index (χ3n) is 3.66. The molecule has 0 saturated heterocycles. The van der Waals surface area contributed by atoms with Gasteiger partial charge < -0.3 is 0 Å². The van der Waals surface area contributed by atoms with Crippen LogP contribution < -0.4 is 0 Å². The molecule has 1 heterocycles. The highest BCUT2D eigenvalue weighted by atomic mass is 19.4. The van der Waals surface area contributed by atoms with Crippen molar-refractivity contribution in [1.82, 2.24) is 4.57 Å². The number of hydrogen-bond donors (Lipinski definition) is 0. The van der Waals surface area contributed by atoms with E-state index >= 15 is 0 Å². The van der Waals surface area contributed by atoms with Crippen molar-refractivity contribution in [3.63, 3.8) is 0 Å². The average Bonchev–Trinajstić information content (AvgIpc) is 2.74. The van der Waals surface area contributed by atoms with Gasteiger partial charge in [0.1, 0.15) is 0 Å². The van der Waals surface area contributed by atoms with Crippen molar-refractivity contribution in [2.45, 2.75) is 20.0 Å². The SMILES string of the molecule is Cc1cccc2c3cccc(C)c3n(C(=O)C(F)(F)F)c12. The summed E-state index contributed by atoms with van der Waals surface area (Å²) < 4.78 is 39.7. The van der Waals surface area contributed by atoms with Crippen molar-refractivity contribution >= 4 is 27.7 Å². The van der Waals surface area contributed by atoms with Crippen LogP contribution in [0.25, 0.3) is 21.8 Å². The van der Waals surface area contributed by atoms with Gasteiger partial charge in [-0.15, -0.1) is 0 Å². The van der Waals surface area contributed by atoms with Crippen molar-refractivity contribution in [3.05, 3.63) is 47.5 Å². The first-order valence-electron chi connectivity index (χ1n) is 6.43. The number of aryl methyl sites for hydroxylation is 2. The lowest BCUT2D eigenvalue weighted by molar-refractivity contribution is -0.0939. The first kappa shape index (κ1) is 13.7. The highest BCUT2D eigenvalue weighted by Gasteiger charge is 2.41. The fourth-order valence-corrected chi connectivity index (χ4v) is 2.79. The topological polar surface area (TPSA) is 22.0 Å². The molecule has 0 spiro atoms. The van der Waals surface area contributed by atoms with E-state index in [9.17, 15) is 18.0 Å². The van der Waals surface area contributed by atoms with Gasteiger partial charge in [-0.25, -0.2) is 0 Å². The van der Waals surface area contributed by atoms with E-state index in [0.717, 1.165) is 4.57 Å². The Balaban J connectivity index is 2.58. The number of alkyl halides is 3.